The third-order valence-electron chi connectivity index (χ3n) is 3.57. The summed E-state index contributed by atoms with van der Waals surface area (Å²) in [5.74, 6) is 0.421. The fraction of sp³-hybridized carbons (Fsp3) is 0.667. The molecule has 1 fully saturated rings. The first-order chi connectivity index (χ1) is 8.21. The molecule has 1 atom stereocenters. The summed E-state index contributed by atoms with van der Waals surface area (Å²) in [5.41, 5.74) is 6.27. The van der Waals surface area contributed by atoms with Crippen LogP contribution in [0.1, 0.15) is 27.2 Å². The van der Waals surface area contributed by atoms with Crippen molar-refractivity contribution in [2.75, 3.05) is 18.8 Å². The van der Waals surface area contributed by atoms with Gasteiger partial charge in [-0.2, -0.15) is 4.31 Å². The van der Waals surface area contributed by atoms with Crippen LogP contribution in [0.3, 0.4) is 0 Å². The minimum absolute atomic E-state index is 0.152. The van der Waals surface area contributed by atoms with Crippen molar-refractivity contribution in [2.45, 2.75) is 31.4 Å². The number of hydrogen-bond donors (Lipinski definition) is 1. The van der Waals surface area contributed by atoms with Crippen LogP contribution in [0.25, 0.3) is 0 Å². The summed E-state index contributed by atoms with van der Waals surface area (Å²) < 4.78 is 26.7. The topological polar surface area (TPSA) is 63.4 Å². The summed E-state index contributed by atoms with van der Waals surface area (Å²) in [6, 6.07) is 1.55. The molecule has 0 aliphatic carbocycles. The van der Waals surface area contributed by atoms with Crippen LogP contribution in [0.4, 0.5) is 5.69 Å². The molecule has 102 valence electrons. The average Bonchev–Trinajstić information content (AvgIpc) is 2.83. The van der Waals surface area contributed by atoms with Crippen LogP contribution >= 0.6 is 11.3 Å². The molecule has 0 radical (unpaired) electrons. The first-order valence-corrected chi connectivity index (χ1v) is 8.37. The lowest BCUT2D eigenvalue weighted by Gasteiger charge is -2.26. The molecule has 2 rings (SSSR count). The van der Waals surface area contributed by atoms with E-state index in [9.17, 15) is 8.42 Å². The second-order valence-corrected chi connectivity index (χ2v) is 8.99. The van der Waals surface area contributed by atoms with E-state index < -0.39 is 10.0 Å². The molecule has 4 nitrogen and oxygen atoms in total. The fourth-order valence-electron chi connectivity index (χ4n) is 2.25. The summed E-state index contributed by atoms with van der Waals surface area (Å²) in [5, 5.41) is 1.67. The molecule has 0 saturated carbocycles. The van der Waals surface area contributed by atoms with E-state index >= 15 is 0 Å². The van der Waals surface area contributed by atoms with E-state index in [0.29, 0.717) is 28.9 Å². The largest absolute Gasteiger partial charge is 0.398 e. The Labute approximate surface area is 113 Å². The van der Waals surface area contributed by atoms with Gasteiger partial charge in [-0.15, -0.1) is 11.3 Å². The van der Waals surface area contributed by atoms with Gasteiger partial charge in [-0.25, -0.2) is 8.42 Å². The molecule has 1 aromatic rings. The predicted octanol–water partition coefficient (Wildman–Crippen LogP) is 2.39. The van der Waals surface area contributed by atoms with Crippen molar-refractivity contribution in [3.8, 4) is 0 Å². The van der Waals surface area contributed by atoms with Crippen molar-refractivity contribution in [2.24, 2.45) is 11.3 Å². The number of anilines is 1. The van der Waals surface area contributed by atoms with Crippen molar-refractivity contribution in [1.29, 1.82) is 0 Å². The van der Waals surface area contributed by atoms with Gasteiger partial charge in [0.05, 0.1) is 0 Å². The number of nitrogen functional groups attached to an aromatic ring is 1. The van der Waals surface area contributed by atoms with E-state index in [-0.39, 0.29) is 5.41 Å². The maximum Gasteiger partial charge on any atom is 0.252 e. The third kappa shape index (κ3) is 2.55. The van der Waals surface area contributed by atoms with Crippen LogP contribution in [0.15, 0.2) is 15.7 Å². The van der Waals surface area contributed by atoms with E-state index in [4.69, 9.17) is 5.73 Å². The number of hydrogen-bond acceptors (Lipinski definition) is 4. The lowest BCUT2D eigenvalue weighted by Crippen LogP contribution is -2.30. The molecule has 6 heteroatoms. The van der Waals surface area contributed by atoms with Crippen molar-refractivity contribution >= 4 is 27.0 Å². The standard InChI is InChI=1S/C12H20N2O2S2/c1-12(2,3)9-4-5-14(7-9)18(15,16)11-6-10(13)8-17-11/h6,8-9H,4-5,7,13H2,1-3H3. The molecule has 0 amide bonds. The van der Waals surface area contributed by atoms with Crippen LogP contribution < -0.4 is 5.73 Å². The number of nitrogens with zero attached hydrogens (tertiary/aromatic N) is 1. The van der Waals surface area contributed by atoms with E-state index in [1.165, 1.54) is 11.3 Å². The lowest BCUT2D eigenvalue weighted by atomic mass is 9.80. The van der Waals surface area contributed by atoms with E-state index in [1.54, 1.807) is 15.8 Å². The van der Waals surface area contributed by atoms with Gasteiger partial charge >= 0.3 is 0 Å². The minimum atomic E-state index is -3.34. The van der Waals surface area contributed by atoms with Gasteiger partial charge in [0.2, 0.25) is 0 Å². The second kappa shape index (κ2) is 4.51. The highest BCUT2D eigenvalue weighted by Gasteiger charge is 2.38. The number of sulfonamides is 1. The van der Waals surface area contributed by atoms with Gasteiger partial charge in [0, 0.05) is 24.2 Å². The third-order valence-corrected chi connectivity index (χ3v) is 6.86. The maximum absolute atomic E-state index is 12.4. The lowest BCUT2D eigenvalue weighted by molar-refractivity contribution is 0.252. The van der Waals surface area contributed by atoms with Gasteiger partial charge in [-0.05, 0) is 23.8 Å². The molecule has 1 aromatic heterocycles. The van der Waals surface area contributed by atoms with Crippen molar-refractivity contribution in [3.63, 3.8) is 0 Å². The molecule has 2 N–H and O–H groups in total. The van der Waals surface area contributed by atoms with Crippen LogP contribution in [0, 0.1) is 11.3 Å². The maximum atomic E-state index is 12.4. The summed E-state index contributed by atoms with van der Waals surface area (Å²) in [4.78, 5) is 0. The quantitative estimate of drug-likeness (QED) is 0.909. The Kier molecular flexibility index (Phi) is 3.46. The molecule has 1 aliphatic rings. The zero-order valence-corrected chi connectivity index (χ0v) is 12.6. The molecule has 2 heterocycles. The van der Waals surface area contributed by atoms with Crippen molar-refractivity contribution in [1.82, 2.24) is 4.31 Å². The zero-order valence-electron chi connectivity index (χ0n) is 11.0. The molecule has 0 aromatic carbocycles. The monoisotopic (exact) mass is 288 g/mol. The van der Waals surface area contributed by atoms with Crippen LogP contribution in [-0.2, 0) is 10.0 Å². The highest BCUT2D eigenvalue weighted by atomic mass is 32.2. The summed E-state index contributed by atoms with van der Waals surface area (Å²) >= 11 is 1.20. The molecule has 0 spiro atoms. The van der Waals surface area contributed by atoms with Crippen LogP contribution in [-0.4, -0.2) is 25.8 Å². The van der Waals surface area contributed by atoms with Gasteiger partial charge in [0.25, 0.3) is 10.0 Å². The number of nitrogens with two attached hydrogens (primary N) is 1. The molecule has 1 aliphatic heterocycles. The minimum Gasteiger partial charge on any atom is -0.398 e. The van der Waals surface area contributed by atoms with Gasteiger partial charge in [-0.1, -0.05) is 20.8 Å². The SMILES string of the molecule is CC(C)(C)C1CCN(S(=O)(=O)c2cc(N)cs2)C1. The molecule has 1 saturated heterocycles. The first kappa shape index (κ1) is 13.8. The normalized spacial score (nSPS) is 22.5. The molecular weight excluding hydrogens is 268 g/mol. The highest BCUT2D eigenvalue weighted by molar-refractivity contribution is 7.91. The fourth-order valence-corrected chi connectivity index (χ4v) is 4.98. The zero-order chi connectivity index (χ0) is 13.6. The Balaban J connectivity index is 2.19. The molecule has 1 unspecified atom stereocenters. The van der Waals surface area contributed by atoms with E-state index in [1.807, 2.05) is 0 Å². The van der Waals surface area contributed by atoms with Crippen LogP contribution in [0.2, 0.25) is 0 Å². The summed E-state index contributed by atoms with van der Waals surface area (Å²) in [7, 11) is -3.34. The Morgan fingerprint density at radius 3 is 2.56 bits per heavy atom. The molecule has 18 heavy (non-hydrogen) atoms. The number of rotatable bonds is 2. The Morgan fingerprint density at radius 1 is 1.44 bits per heavy atom. The second-order valence-electron chi connectivity index (χ2n) is 5.91. The Hall–Kier alpha value is -0.590. The van der Waals surface area contributed by atoms with Gasteiger partial charge in [0.15, 0.2) is 0 Å². The van der Waals surface area contributed by atoms with Gasteiger partial charge in [0.1, 0.15) is 4.21 Å². The van der Waals surface area contributed by atoms with Gasteiger partial charge in [-0.3, -0.25) is 0 Å². The first-order valence-electron chi connectivity index (χ1n) is 6.05. The Bertz CT molecular complexity index is 529. The van der Waals surface area contributed by atoms with Gasteiger partial charge < -0.3 is 5.73 Å². The number of thiophene rings is 1. The van der Waals surface area contributed by atoms with Crippen molar-refractivity contribution in [3.05, 3.63) is 11.4 Å². The highest BCUT2D eigenvalue weighted by Crippen LogP contribution is 2.36. The van der Waals surface area contributed by atoms with Crippen molar-refractivity contribution < 1.29 is 8.42 Å². The Morgan fingerprint density at radius 2 is 2.11 bits per heavy atom. The molecule has 0 bridgehead atoms. The van der Waals surface area contributed by atoms with Crippen LogP contribution in [0.5, 0.6) is 0 Å². The predicted molar refractivity (Wildman–Crippen MR) is 75.1 cm³/mol. The smallest absolute Gasteiger partial charge is 0.252 e. The van der Waals surface area contributed by atoms with E-state index in [2.05, 4.69) is 20.8 Å². The average molecular weight is 288 g/mol. The molecular formula is C12H20N2O2S2. The van der Waals surface area contributed by atoms with E-state index in [0.717, 1.165) is 6.42 Å². The summed E-state index contributed by atoms with van der Waals surface area (Å²) in [6.45, 7) is 7.72. The summed E-state index contributed by atoms with van der Waals surface area (Å²) in [6.07, 6.45) is 0.934.